The quantitative estimate of drug-likeness (QED) is 0.806. The van der Waals surface area contributed by atoms with Crippen molar-refractivity contribution < 1.29 is 16.8 Å². The molecule has 2 N–H and O–H groups in total. The molecule has 0 aromatic heterocycles. The van der Waals surface area contributed by atoms with Gasteiger partial charge in [0.05, 0.1) is 15.2 Å². The third-order valence-electron chi connectivity index (χ3n) is 3.33. The maximum atomic E-state index is 12.5. The summed E-state index contributed by atoms with van der Waals surface area (Å²) in [6, 6.07) is 4.26. The molecule has 1 aromatic carbocycles. The molecule has 1 aliphatic heterocycles. The van der Waals surface area contributed by atoms with Gasteiger partial charge in [0, 0.05) is 17.6 Å². The third kappa shape index (κ3) is 3.77. The molecular formula is C11H14BrClN2O4S2. The third-order valence-corrected chi connectivity index (χ3v) is 7.72. The average molecular weight is 418 g/mol. The largest absolute Gasteiger partial charge is 0.243 e. The van der Waals surface area contributed by atoms with Crippen molar-refractivity contribution in [1.29, 1.82) is 0 Å². The van der Waals surface area contributed by atoms with Crippen molar-refractivity contribution in [3.8, 4) is 0 Å². The molecular weight excluding hydrogens is 404 g/mol. The lowest BCUT2D eigenvalue weighted by molar-refractivity contribution is 0.346. The van der Waals surface area contributed by atoms with Gasteiger partial charge in [-0.2, -0.15) is 4.31 Å². The minimum Gasteiger partial charge on any atom is -0.228 e. The fourth-order valence-corrected chi connectivity index (χ4v) is 5.35. The Kier molecular flexibility index (Phi) is 5.01. The lowest BCUT2D eigenvalue weighted by Crippen LogP contribution is -2.46. The van der Waals surface area contributed by atoms with Gasteiger partial charge in [0.25, 0.3) is 0 Å². The standard InChI is InChI=1S/C11H14BrClN2O4S2/c12-10-6-8(3-4-11(10)13)21(18,19)15-5-1-2-9(7-15)20(14,16)17/h3-4,6,9H,1-2,5,7H2,(H2,14,16,17). The van der Waals surface area contributed by atoms with Crippen LogP contribution in [0.15, 0.2) is 27.6 Å². The second kappa shape index (κ2) is 6.13. The predicted molar refractivity (Wildman–Crippen MR) is 84.0 cm³/mol. The minimum absolute atomic E-state index is 0.0637. The van der Waals surface area contributed by atoms with E-state index in [2.05, 4.69) is 15.9 Å². The molecule has 0 saturated carbocycles. The van der Waals surface area contributed by atoms with Gasteiger partial charge >= 0.3 is 0 Å². The lowest BCUT2D eigenvalue weighted by Gasteiger charge is -2.30. The summed E-state index contributed by atoms with van der Waals surface area (Å²) in [4.78, 5) is 0.0637. The molecule has 1 heterocycles. The summed E-state index contributed by atoms with van der Waals surface area (Å²) in [5.41, 5.74) is 0. The van der Waals surface area contributed by atoms with Gasteiger partial charge in [0.15, 0.2) is 0 Å². The Morgan fingerprint density at radius 3 is 2.52 bits per heavy atom. The van der Waals surface area contributed by atoms with Crippen LogP contribution in [0, 0.1) is 0 Å². The Labute approximate surface area is 137 Å². The van der Waals surface area contributed by atoms with Crippen LogP contribution in [0.4, 0.5) is 0 Å². The van der Waals surface area contributed by atoms with Crippen LogP contribution in [-0.4, -0.2) is 39.5 Å². The van der Waals surface area contributed by atoms with E-state index in [1.807, 2.05) is 0 Å². The fourth-order valence-electron chi connectivity index (χ4n) is 2.18. The molecule has 1 atom stereocenters. The van der Waals surface area contributed by atoms with Crippen molar-refractivity contribution in [2.45, 2.75) is 23.0 Å². The predicted octanol–water partition coefficient (Wildman–Crippen LogP) is 1.54. The second-order valence-electron chi connectivity index (χ2n) is 4.79. The summed E-state index contributed by atoms with van der Waals surface area (Å²) in [7, 11) is -7.52. The van der Waals surface area contributed by atoms with E-state index in [1.165, 1.54) is 18.2 Å². The van der Waals surface area contributed by atoms with Gasteiger partial charge < -0.3 is 0 Å². The molecule has 0 radical (unpaired) electrons. The maximum absolute atomic E-state index is 12.5. The number of halogens is 2. The number of rotatable bonds is 3. The van der Waals surface area contributed by atoms with Crippen molar-refractivity contribution in [2.75, 3.05) is 13.1 Å². The Morgan fingerprint density at radius 1 is 1.29 bits per heavy atom. The summed E-state index contributed by atoms with van der Waals surface area (Å²) in [5.74, 6) is 0. The number of nitrogens with two attached hydrogens (primary N) is 1. The molecule has 0 bridgehead atoms. The van der Waals surface area contributed by atoms with E-state index in [4.69, 9.17) is 16.7 Å². The van der Waals surface area contributed by atoms with E-state index in [-0.39, 0.29) is 18.0 Å². The van der Waals surface area contributed by atoms with Crippen molar-refractivity contribution in [3.05, 3.63) is 27.7 Å². The zero-order valence-electron chi connectivity index (χ0n) is 10.9. The number of hydrogen-bond donors (Lipinski definition) is 1. The molecule has 2 rings (SSSR count). The lowest BCUT2D eigenvalue weighted by atomic mass is 10.2. The van der Waals surface area contributed by atoms with Crippen LogP contribution in [0.2, 0.25) is 5.02 Å². The Balaban J connectivity index is 2.33. The summed E-state index contributed by atoms with van der Waals surface area (Å²) >= 11 is 9.02. The number of primary sulfonamides is 1. The summed E-state index contributed by atoms with van der Waals surface area (Å²) in [5, 5.41) is 4.66. The van der Waals surface area contributed by atoms with Crippen molar-refractivity contribution in [3.63, 3.8) is 0 Å². The van der Waals surface area contributed by atoms with Gasteiger partial charge in [-0.05, 0) is 47.0 Å². The minimum atomic E-state index is -3.77. The van der Waals surface area contributed by atoms with Crippen LogP contribution in [0.1, 0.15) is 12.8 Å². The maximum Gasteiger partial charge on any atom is 0.243 e. The van der Waals surface area contributed by atoms with E-state index < -0.39 is 25.3 Å². The number of nitrogens with zero attached hydrogens (tertiary/aromatic N) is 1. The van der Waals surface area contributed by atoms with Gasteiger partial charge in [-0.15, -0.1) is 0 Å². The Bertz CT molecular complexity index is 751. The van der Waals surface area contributed by atoms with Crippen LogP contribution in [0.5, 0.6) is 0 Å². The molecule has 21 heavy (non-hydrogen) atoms. The number of piperidine rings is 1. The zero-order chi connectivity index (χ0) is 15.8. The Hall–Kier alpha value is -0.190. The molecule has 0 amide bonds. The summed E-state index contributed by atoms with van der Waals surface area (Å²) in [6.45, 7) is 0.149. The number of hydrogen-bond acceptors (Lipinski definition) is 4. The highest BCUT2D eigenvalue weighted by molar-refractivity contribution is 9.10. The molecule has 6 nitrogen and oxygen atoms in total. The van der Waals surface area contributed by atoms with E-state index in [0.29, 0.717) is 22.3 Å². The Morgan fingerprint density at radius 2 is 1.95 bits per heavy atom. The molecule has 0 spiro atoms. The van der Waals surface area contributed by atoms with E-state index in [9.17, 15) is 16.8 Å². The first-order valence-corrected chi connectivity index (χ1v) is 10.3. The second-order valence-corrected chi connectivity index (χ2v) is 9.84. The van der Waals surface area contributed by atoms with Crippen LogP contribution < -0.4 is 5.14 Å². The van der Waals surface area contributed by atoms with Crippen molar-refractivity contribution in [1.82, 2.24) is 4.31 Å². The van der Waals surface area contributed by atoms with Crippen LogP contribution in [0.3, 0.4) is 0 Å². The number of sulfonamides is 2. The topological polar surface area (TPSA) is 97.5 Å². The zero-order valence-corrected chi connectivity index (χ0v) is 14.8. The molecule has 1 fully saturated rings. The van der Waals surface area contributed by atoms with Crippen molar-refractivity contribution in [2.24, 2.45) is 5.14 Å². The highest BCUT2D eigenvalue weighted by atomic mass is 79.9. The smallest absolute Gasteiger partial charge is 0.228 e. The average Bonchev–Trinajstić information content (AvgIpc) is 2.41. The van der Waals surface area contributed by atoms with Gasteiger partial charge in [-0.1, -0.05) is 11.6 Å². The van der Waals surface area contributed by atoms with Crippen LogP contribution >= 0.6 is 27.5 Å². The summed E-state index contributed by atoms with van der Waals surface area (Å²) < 4.78 is 49.6. The fraction of sp³-hybridized carbons (Fsp3) is 0.455. The van der Waals surface area contributed by atoms with E-state index in [1.54, 1.807) is 0 Å². The van der Waals surface area contributed by atoms with Gasteiger partial charge in [0.1, 0.15) is 0 Å². The molecule has 10 heteroatoms. The molecule has 118 valence electrons. The molecule has 0 aliphatic carbocycles. The summed E-state index contributed by atoms with van der Waals surface area (Å²) in [6.07, 6.45) is 0.824. The van der Waals surface area contributed by atoms with Crippen molar-refractivity contribution >= 4 is 47.6 Å². The molecule has 1 aromatic rings. The molecule has 1 saturated heterocycles. The van der Waals surface area contributed by atoms with E-state index in [0.717, 1.165) is 4.31 Å². The SMILES string of the molecule is NS(=O)(=O)C1CCCN(S(=O)(=O)c2ccc(Cl)c(Br)c2)C1. The van der Waals surface area contributed by atoms with Crippen LogP contribution in [-0.2, 0) is 20.0 Å². The van der Waals surface area contributed by atoms with Gasteiger partial charge in [0.2, 0.25) is 20.0 Å². The first kappa shape index (κ1) is 17.2. The van der Waals surface area contributed by atoms with E-state index >= 15 is 0 Å². The first-order valence-electron chi connectivity index (χ1n) is 6.09. The van der Waals surface area contributed by atoms with Gasteiger partial charge in [-0.25, -0.2) is 22.0 Å². The molecule has 1 unspecified atom stereocenters. The monoisotopic (exact) mass is 416 g/mol. The highest BCUT2D eigenvalue weighted by Gasteiger charge is 2.34. The first-order chi connectivity index (χ1) is 9.62. The van der Waals surface area contributed by atoms with Gasteiger partial charge in [-0.3, -0.25) is 0 Å². The normalized spacial score (nSPS) is 21.4. The molecule has 1 aliphatic rings. The van der Waals surface area contributed by atoms with Crippen LogP contribution in [0.25, 0.3) is 0 Å². The highest BCUT2D eigenvalue weighted by Crippen LogP contribution is 2.28. The number of benzene rings is 1.